The average molecular weight is 266 g/mol. The van der Waals surface area contributed by atoms with Crippen molar-refractivity contribution in [3.8, 4) is 0 Å². The summed E-state index contributed by atoms with van der Waals surface area (Å²) in [5.74, 6) is 2.13. The van der Waals surface area contributed by atoms with Crippen LogP contribution in [0.5, 0.6) is 0 Å². The predicted molar refractivity (Wildman–Crippen MR) is 79.5 cm³/mol. The molecule has 1 atom stereocenters. The lowest BCUT2D eigenvalue weighted by Crippen LogP contribution is -2.20. The molecule has 108 valence electrons. The number of nitrogens with zero attached hydrogens (tertiary/aromatic N) is 1. The molecule has 1 heterocycles. The number of aromatic amines is 1. The molecule has 1 unspecified atom stereocenters. The summed E-state index contributed by atoms with van der Waals surface area (Å²) in [5.41, 5.74) is 5.51. The number of anilines is 1. The Hall–Kier alpha value is -1.36. The van der Waals surface area contributed by atoms with Gasteiger partial charge in [-0.05, 0) is 25.3 Å². The Bertz CT molecular complexity index is 422. The fourth-order valence-electron chi connectivity index (χ4n) is 2.08. The molecule has 1 aromatic heterocycles. The smallest absolute Gasteiger partial charge is 0.252 e. The molecule has 0 spiro atoms. The van der Waals surface area contributed by atoms with E-state index in [0.717, 1.165) is 31.6 Å². The Morgan fingerprint density at radius 2 is 2.16 bits per heavy atom. The fraction of sp³-hybridized carbons (Fsp3) is 0.714. The number of hydrogen-bond donors (Lipinski definition) is 3. The quantitative estimate of drug-likeness (QED) is 0.672. The summed E-state index contributed by atoms with van der Waals surface area (Å²) in [4.78, 5) is 18.7. The molecule has 0 aliphatic heterocycles. The molecule has 0 fully saturated rings. The third kappa shape index (κ3) is 5.42. The highest BCUT2D eigenvalue weighted by atomic mass is 16.1. The SMILES string of the molecule is CCCC(CCN)CNc1cc(=O)[nH]c(C(C)C)n1. The largest absolute Gasteiger partial charge is 0.370 e. The summed E-state index contributed by atoms with van der Waals surface area (Å²) in [5, 5.41) is 3.26. The van der Waals surface area contributed by atoms with E-state index >= 15 is 0 Å². The zero-order valence-electron chi connectivity index (χ0n) is 12.2. The van der Waals surface area contributed by atoms with Crippen molar-refractivity contribution in [2.24, 2.45) is 11.7 Å². The van der Waals surface area contributed by atoms with Gasteiger partial charge in [0.25, 0.3) is 5.56 Å². The normalized spacial score (nSPS) is 12.7. The van der Waals surface area contributed by atoms with Gasteiger partial charge in [0, 0.05) is 18.5 Å². The van der Waals surface area contributed by atoms with Crippen LogP contribution in [0.2, 0.25) is 0 Å². The lowest BCUT2D eigenvalue weighted by atomic mass is 10.00. The molecule has 0 bridgehead atoms. The molecule has 1 aromatic rings. The molecule has 0 aromatic carbocycles. The van der Waals surface area contributed by atoms with E-state index in [0.29, 0.717) is 18.3 Å². The number of aromatic nitrogens is 2. The molecule has 0 saturated carbocycles. The van der Waals surface area contributed by atoms with Gasteiger partial charge in [0.15, 0.2) is 0 Å². The van der Waals surface area contributed by atoms with Crippen molar-refractivity contribution in [2.75, 3.05) is 18.4 Å². The standard InChI is InChI=1S/C14H26N4O/c1-4-5-11(6-7-15)9-16-12-8-13(19)18-14(17-12)10(2)3/h8,10-11H,4-7,9,15H2,1-3H3,(H2,16,17,18,19). The van der Waals surface area contributed by atoms with Crippen LogP contribution < -0.4 is 16.6 Å². The summed E-state index contributed by atoms with van der Waals surface area (Å²) < 4.78 is 0. The van der Waals surface area contributed by atoms with Crippen molar-refractivity contribution >= 4 is 5.82 Å². The van der Waals surface area contributed by atoms with E-state index < -0.39 is 0 Å². The van der Waals surface area contributed by atoms with Crippen molar-refractivity contribution in [2.45, 2.75) is 46.0 Å². The van der Waals surface area contributed by atoms with Gasteiger partial charge in [-0.25, -0.2) is 4.98 Å². The first-order chi connectivity index (χ1) is 9.06. The van der Waals surface area contributed by atoms with Gasteiger partial charge in [0.2, 0.25) is 0 Å². The van der Waals surface area contributed by atoms with E-state index in [1.807, 2.05) is 13.8 Å². The zero-order valence-corrected chi connectivity index (χ0v) is 12.2. The first kappa shape index (κ1) is 15.7. The van der Waals surface area contributed by atoms with E-state index in [9.17, 15) is 4.79 Å². The van der Waals surface area contributed by atoms with Crippen LogP contribution in [-0.4, -0.2) is 23.1 Å². The van der Waals surface area contributed by atoms with Crippen molar-refractivity contribution < 1.29 is 0 Å². The lowest BCUT2D eigenvalue weighted by molar-refractivity contribution is 0.472. The van der Waals surface area contributed by atoms with Crippen molar-refractivity contribution in [3.63, 3.8) is 0 Å². The molecular formula is C14H26N4O. The molecular weight excluding hydrogens is 240 g/mol. The van der Waals surface area contributed by atoms with Crippen molar-refractivity contribution in [1.82, 2.24) is 9.97 Å². The van der Waals surface area contributed by atoms with Gasteiger partial charge in [-0.1, -0.05) is 27.2 Å². The second-order valence-electron chi connectivity index (χ2n) is 5.28. The molecule has 19 heavy (non-hydrogen) atoms. The Morgan fingerprint density at radius 3 is 2.74 bits per heavy atom. The third-order valence-electron chi connectivity index (χ3n) is 3.15. The van der Waals surface area contributed by atoms with Gasteiger partial charge in [0.05, 0.1) is 0 Å². The number of nitrogens with one attached hydrogen (secondary N) is 2. The Labute approximate surface area is 115 Å². The van der Waals surface area contributed by atoms with Gasteiger partial charge in [-0.15, -0.1) is 0 Å². The van der Waals surface area contributed by atoms with Gasteiger partial charge in [0.1, 0.15) is 11.6 Å². The molecule has 0 saturated heterocycles. The number of hydrogen-bond acceptors (Lipinski definition) is 4. The van der Waals surface area contributed by atoms with E-state index in [1.54, 1.807) is 0 Å². The highest BCUT2D eigenvalue weighted by Gasteiger charge is 2.09. The van der Waals surface area contributed by atoms with Crippen LogP contribution in [0.1, 0.15) is 51.8 Å². The summed E-state index contributed by atoms with van der Waals surface area (Å²) in [6.07, 6.45) is 3.29. The van der Waals surface area contributed by atoms with E-state index in [-0.39, 0.29) is 11.5 Å². The average Bonchev–Trinajstić information content (AvgIpc) is 2.36. The highest BCUT2D eigenvalue weighted by molar-refractivity contribution is 5.33. The molecule has 0 amide bonds. The highest BCUT2D eigenvalue weighted by Crippen LogP contribution is 2.13. The molecule has 1 rings (SSSR count). The van der Waals surface area contributed by atoms with E-state index in [2.05, 4.69) is 22.2 Å². The molecule has 5 nitrogen and oxygen atoms in total. The van der Waals surface area contributed by atoms with Crippen LogP contribution in [-0.2, 0) is 0 Å². The summed E-state index contributed by atoms with van der Waals surface area (Å²) >= 11 is 0. The summed E-state index contributed by atoms with van der Waals surface area (Å²) in [7, 11) is 0. The molecule has 0 aliphatic rings. The van der Waals surface area contributed by atoms with E-state index in [1.165, 1.54) is 6.07 Å². The lowest BCUT2D eigenvalue weighted by Gasteiger charge is -2.16. The van der Waals surface area contributed by atoms with Gasteiger partial charge in [-0.3, -0.25) is 4.79 Å². The van der Waals surface area contributed by atoms with Crippen LogP contribution in [0.15, 0.2) is 10.9 Å². The monoisotopic (exact) mass is 266 g/mol. The maximum atomic E-state index is 11.6. The van der Waals surface area contributed by atoms with Crippen LogP contribution >= 0.6 is 0 Å². The van der Waals surface area contributed by atoms with Gasteiger partial charge < -0.3 is 16.0 Å². The Kier molecular flexibility index (Phi) is 6.56. The maximum absolute atomic E-state index is 11.6. The minimum Gasteiger partial charge on any atom is -0.370 e. The minimum atomic E-state index is -0.105. The van der Waals surface area contributed by atoms with Crippen LogP contribution in [0.25, 0.3) is 0 Å². The molecule has 0 aliphatic carbocycles. The first-order valence-electron chi connectivity index (χ1n) is 7.12. The van der Waals surface area contributed by atoms with Crippen LogP contribution in [0, 0.1) is 5.92 Å². The second kappa shape index (κ2) is 7.94. The number of nitrogens with two attached hydrogens (primary N) is 1. The van der Waals surface area contributed by atoms with Crippen LogP contribution in [0.3, 0.4) is 0 Å². The van der Waals surface area contributed by atoms with Gasteiger partial charge >= 0.3 is 0 Å². The Balaban J connectivity index is 2.68. The summed E-state index contributed by atoms with van der Waals surface area (Å²) in [6.45, 7) is 7.71. The second-order valence-corrected chi connectivity index (χ2v) is 5.28. The van der Waals surface area contributed by atoms with Crippen LogP contribution in [0.4, 0.5) is 5.82 Å². The topological polar surface area (TPSA) is 83.8 Å². The first-order valence-corrected chi connectivity index (χ1v) is 7.12. The van der Waals surface area contributed by atoms with E-state index in [4.69, 9.17) is 5.73 Å². The third-order valence-corrected chi connectivity index (χ3v) is 3.15. The summed E-state index contributed by atoms with van der Waals surface area (Å²) in [6, 6.07) is 1.51. The Morgan fingerprint density at radius 1 is 1.42 bits per heavy atom. The van der Waals surface area contributed by atoms with Crippen molar-refractivity contribution in [1.29, 1.82) is 0 Å². The molecule has 0 radical (unpaired) electrons. The maximum Gasteiger partial charge on any atom is 0.252 e. The fourth-order valence-corrected chi connectivity index (χ4v) is 2.08. The zero-order chi connectivity index (χ0) is 14.3. The number of rotatable bonds is 8. The molecule has 4 N–H and O–H groups in total. The molecule has 5 heteroatoms. The minimum absolute atomic E-state index is 0.105. The predicted octanol–water partition coefficient (Wildman–Crippen LogP) is 2.07. The number of H-pyrrole nitrogens is 1. The van der Waals surface area contributed by atoms with Crippen molar-refractivity contribution in [3.05, 3.63) is 22.2 Å². The van der Waals surface area contributed by atoms with Gasteiger partial charge in [-0.2, -0.15) is 0 Å².